The van der Waals surface area contributed by atoms with Crippen molar-refractivity contribution in [2.45, 2.75) is 25.8 Å². The predicted molar refractivity (Wildman–Crippen MR) is 156 cm³/mol. The molecule has 4 aromatic rings. The number of carbonyl (C=O) groups is 2. The molecule has 1 saturated heterocycles. The largest absolute Gasteiger partial charge is 0.496 e. The van der Waals surface area contributed by atoms with Gasteiger partial charge in [-0.25, -0.2) is 0 Å². The van der Waals surface area contributed by atoms with Gasteiger partial charge in [-0.2, -0.15) is 0 Å². The van der Waals surface area contributed by atoms with E-state index in [1.807, 2.05) is 54.6 Å². The molecule has 0 spiro atoms. The van der Waals surface area contributed by atoms with E-state index in [1.54, 1.807) is 37.4 Å². The molecular weight excluding hydrogens is 486 g/mol. The number of piperidine rings is 1. The first-order valence-electron chi connectivity index (χ1n) is 13.4. The highest BCUT2D eigenvalue weighted by molar-refractivity contribution is 6.06. The fraction of sp³-hybridized carbons (Fsp3) is 0.212. The van der Waals surface area contributed by atoms with Gasteiger partial charge in [0.15, 0.2) is 0 Å². The molecule has 39 heavy (non-hydrogen) atoms. The Morgan fingerprint density at radius 1 is 0.718 bits per heavy atom. The maximum Gasteiger partial charge on any atom is 0.255 e. The second-order valence-corrected chi connectivity index (χ2v) is 9.80. The van der Waals surface area contributed by atoms with Crippen LogP contribution in [0.25, 0.3) is 11.1 Å². The van der Waals surface area contributed by atoms with Crippen LogP contribution in [-0.4, -0.2) is 36.9 Å². The highest BCUT2D eigenvalue weighted by Gasteiger charge is 2.14. The Morgan fingerprint density at radius 3 is 2.00 bits per heavy atom. The highest BCUT2D eigenvalue weighted by Crippen LogP contribution is 2.31. The minimum Gasteiger partial charge on any atom is -0.496 e. The average molecular weight is 520 g/mol. The topological polar surface area (TPSA) is 70.7 Å². The summed E-state index contributed by atoms with van der Waals surface area (Å²) in [5.41, 5.74) is 5.44. The van der Waals surface area contributed by atoms with E-state index in [1.165, 1.54) is 24.8 Å². The summed E-state index contributed by atoms with van der Waals surface area (Å²) in [4.78, 5) is 28.2. The van der Waals surface area contributed by atoms with Crippen LogP contribution in [0, 0.1) is 0 Å². The molecule has 1 heterocycles. The number of ether oxygens (including phenoxy) is 1. The van der Waals surface area contributed by atoms with Crippen molar-refractivity contribution in [1.82, 2.24) is 4.90 Å². The lowest BCUT2D eigenvalue weighted by Gasteiger charge is -2.26. The van der Waals surface area contributed by atoms with Gasteiger partial charge in [0, 0.05) is 34.6 Å². The summed E-state index contributed by atoms with van der Waals surface area (Å²) in [5.74, 6) is 0.268. The third kappa shape index (κ3) is 6.72. The number of amides is 2. The molecular formula is C33H33N3O3. The van der Waals surface area contributed by atoms with Crippen molar-refractivity contribution in [3.63, 3.8) is 0 Å². The van der Waals surface area contributed by atoms with E-state index < -0.39 is 0 Å². The molecule has 6 nitrogen and oxygen atoms in total. The molecule has 5 rings (SSSR count). The standard InChI is InChI=1S/C33H33N3O3/c1-39-31-19-16-27(33(38)34-28-8-4-2-5-9-28)22-30(31)25-12-14-26(15-13-25)32(37)35-29-17-10-24(11-18-29)23-36-20-6-3-7-21-36/h2,4-5,8-19,22H,3,6-7,20-21,23H2,1H3,(H,34,38)(H,35,37). The number of carbonyl (C=O) groups excluding carboxylic acids is 2. The third-order valence-electron chi connectivity index (χ3n) is 7.02. The van der Waals surface area contributed by atoms with Gasteiger partial charge in [0.1, 0.15) is 5.75 Å². The van der Waals surface area contributed by atoms with E-state index >= 15 is 0 Å². The Labute approximate surface area is 229 Å². The van der Waals surface area contributed by atoms with Crippen LogP contribution in [0.3, 0.4) is 0 Å². The zero-order valence-electron chi connectivity index (χ0n) is 22.2. The Balaban J connectivity index is 1.25. The number of nitrogens with zero attached hydrogens (tertiary/aromatic N) is 1. The molecule has 0 aromatic heterocycles. The van der Waals surface area contributed by atoms with Gasteiger partial charge in [-0.15, -0.1) is 0 Å². The fourth-order valence-electron chi connectivity index (χ4n) is 4.87. The second-order valence-electron chi connectivity index (χ2n) is 9.80. The maximum absolute atomic E-state index is 12.9. The smallest absolute Gasteiger partial charge is 0.255 e. The van der Waals surface area contributed by atoms with E-state index in [4.69, 9.17) is 4.74 Å². The first-order valence-corrected chi connectivity index (χ1v) is 13.4. The van der Waals surface area contributed by atoms with Gasteiger partial charge < -0.3 is 15.4 Å². The van der Waals surface area contributed by atoms with Crippen LogP contribution < -0.4 is 15.4 Å². The normalized spacial score (nSPS) is 13.5. The number of methoxy groups -OCH3 is 1. The minimum absolute atomic E-state index is 0.173. The number of likely N-dealkylation sites (tertiary alicyclic amines) is 1. The zero-order valence-corrected chi connectivity index (χ0v) is 22.2. The van der Waals surface area contributed by atoms with Gasteiger partial charge in [-0.1, -0.05) is 48.9 Å². The molecule has 198 valence electrons. The number of benzene rings is 4. The first-order chi connectivity index (χ1) is 19.1. The van der Waals surface area contributed by atoms with Crippen LogP contribution in [0.4, 0.5) is 11.4 Å². The number of hydrogen-bond donors (Lipinski definition) is 2. The van der Waals surface area contributed by atoms with Crippen LogP contribution in [-0.2, 0) is 6.54 Å². The van der Waals surface area contributed by atoms with Gasteiger partial charge in [-0.3, -0.25) is 14.5 Å². The number of nitrogens with one attached hydrogen (secondary N) is 2. The van der Waals surface area contributed by atoms with Crippen molar-refractivity contribution in [3.8, 4) is 16.9 Å². The van der Waals surface area contributed by atoms with Crippen molar-refractivity contribution in [2.75, 3.05) is 30.8 Å². The summed E-state index contributed by atoms with van der Waals surface area (Å²) in [5, 5.41) is 5.90. The lowest BCUT2D eigenvalue weighted by atomic mass is 10.00. The summed E-state index contributed by atoms with van der Waals surface area (Å²) in [6, 6.07) is 30.0. The molecule has 0 aliphatic carbocycles. The van der Waals surface area contributed by atoms with E-state index in [0.717, 1.165) is 42.1 Å². The average Bonchev–Trinajstić information content (AvgIpc) is 2.99. The van der Waals surface area contributed by atoms with Gasteiger partial charge in [-0.05, 0) is 91.7 Å². The zero-order chi connectivity index (χ0) is 27.0. The Morgan fingerprint density at radius 2 is 1.33 bits per heavy atom. The van der Waals surface area contributed by atoms with E-state index in [-0.39, 0.29) is 11.8 Å². The van der Waals surface area contributed by atoms with E-state index in [2.05, 4.69) is 27.7 Å². The number of rotatable bonds is 8. The molecule has 1 aliphatic rings. The van der Waals surface area contributed by atoms with Crippen LogP contribution >= 0.6 is 0 Å². The van der Waals surface area contributed by atoms with Crippen LogP contribution in [0.15, 0.2) is 97.1 Å². The molecule has 2 amide bonds. The van der Waals surface area contributed by atoms with Gasteiger partial charge in [0.05, 0.1) is 7.11 Å². The summed E-state index contributed by atoms with van der Waals surface area (Å²) in [6.45, 7) is 3.27. The Bertz CT molecular complexity index is 1410. The minimum atomic E-state index is -0.206. The van der Waals surface area contributed by atoms with Crippen molar-refractivity contribution in [1.29, 1.82) is 0 Å². The molecule has 1 aliphatic heterocycles. The summed E-state index contributed by atoms with van der Waals surface area (Å²) in [7, 11) is 1.60. The third-order valence-corrected chi connectivity index (χ3v) is 7.02. The molecule has 2 N–H and O–H groups in total. The molecule has 4 aromatic carbocycles. The number of para-hydroxylation sites is 1. The Hall–Kier alpha value is -4.42. The SMILES string of the molecule is COc1ccc(C(=O)Nc2ccccc2)cc1-c1ccc(C(=O)Nc2ccc(CN3CCCCC3)cc2)cc1. The summed E-state index contributed by atoms with van der Waals surface area (Å²) in [6.07, 6.45) is 3.87. The van der Waals surface area contributed by atoms with Crippen LogP contribution in [0.5, 0.6) is 5.75 Å². The molecule has 0 radical (unpaired) electrons. The lowest BCUT2D eigenvalue weighted by Crippen LogP contribution is -2.29. The maximum atomic E-state index is 12.9. The van der Waals surface area contributed by atoms with Gasteiger partial charge in [0.2, 0.25) is 0 Å². The highest BCUT2D eigenvalue weighted by atomic mass is 16.5. The quantitative estimate of drug-likeness (QED) is 0.267. The number of anilines is 2. The molecule has 0 unspecified atom stereocenters. The first kappa shape index (κ1) is 26.2. The molecule has 6 heteroatoms. The monoisotopic (exact) mass is 519 g/mol. The van der Waals surface area contributed by atoms with Gasteiger partial charge >= 0.3 is 0 Å². The molecule has 1 fully saturated rings. The van der Waals surface area contributed by atoms with Crippen molar-refractivity contribution < 1.29 is 14.3 Å². The van der Waals surface area contributed by atoms with Crippen molar-refractivity contribution >= 4 is 23.2 Å². The predicted octanol–water partition coefficient (Wildman–Crippen LogP) is 6.85. The fourth-order valence-corrected chi connectivity index (χ4v) is 4.87. The molecule has 0 atom stereocenters. The van der Waals surface area contributed by atoms with Crippen LogP contribution in [0.1, 0.15) is 45.5 Å². The Kier molecular flexibility index (Phi) is 8.34. The number of hydrogen-bond acceptors (Lipinski definition) is 4. The van der Waals surface area contributed by atoms with Crippen LogP contribution in [0.2, 0.25) is 0 Å². The summed E-state index contributed by atoms with van der Waals surface area (Å²) < 4.78 is 5.55. The molecule has 0 saturated carbocycles. The van der Waals surface area contributed by atoms with E-state index in [9.17, 15) is 9.59 Å². The molecule has 0 bridgehead atoms. The van der Waals surface area contributed by atoms with Crippen molar-refractivity contribution in [2.24, 2.45) is 0 Å². The van der Waals surface area contributed by atoms with E-state index in [0.29, 0.717) is 16.9 Å². The lowest BCUT2D eigenvalue weighted by molar-refractivity contribution is 0.101. The van der Waals surface area contributed by atoms with Gasteiger partial charge in [0.25, 0.3) is 11.8 Å². The van der Waals surface area contributed by atoms with Crippen molar-refractivity contribution in [3.05, 3.63) is 114 Å². The second kappa shape index (κ2) is 12.4. The summed E-state index contributed by atoms with van der Waals surface area (Å²) >= 11 is 0.